The molecule has 1 heterocycles. The SMILES string of the molecule is COc1cc(O)ccc1C1=CCN(C)CC1. The predicted octanol–water partition coefficient (Wildman–Crippen LogP) is 2.12. The highest BCUT2D eigenvalue weighted by Crippen LogP contribution is 2.32. The van der Waals surface area contributed by atoms with Crippen LogP contribution in [-0.4, -0.2) is 37.3 Å². The first-order valence-corrected chi connectivity index (χ1v) is 5.45. The Hall–Kier alpha value is -1.48. The highest BCUT2D eigenvalue weighted by atomic mass is 16.5. The van der Waals surface area contributed by atoms with Crippen molar-refractivity contribution in [1.29, 1.82) is 0 Å². The molecule has 0 radical (unpaired) electrons. The van der Waals surface area contributed by atoms with Gasteiger partial charge in [-0.2, -0.15) is 0 Å². The topological polar surface area (TPSA) is 32.7 Å². The summed E-state index contributed by atoms with van der Waals surface area (Å²) in [5.74, 6) is 0.991. The average Bonchev–Trinajstić information content (AvgIpc) is 2.30. The van der Waals surface area contributed by atoms with E-state index in [9.17, 15) is 5.11 Å². The van der Waals surface area contributed by atoms with Crippen LogP contribution in [-0.2, 0) is 0 Å². The van der Waals surface area contributed by atoms with E-state index in [4.69, 9.17) is 4.74 Å². The van der Waals surface area contributed by atoms with E-state index in [1.807, 2.05) is 6.07 Å². The lowest BCUT2D eigenvalue weighted by Crippen LogP contribution is -2.23. The van der Waals surface area contributed by atoms with Crippen LogP contribution in [0.2, 0.25) is 0 Å². The molecule has 16 heavy (non-hydrogen) atoms. The number of aromatic hydroxyl groups is 1. The Morgan fingerprint density at radius 1 is 1.38 bits per heavy atom. The van der Waals surface area contributed by atoms with Crippen LogP contribution >= 0.6 is 0 Å². The molecule has 0 spiro atoms. The highest BCUT2D eigenvalue weighted by molar-refractivity contribution is 5.72. The van der Waals surface area contributed by atoms with E-state index in [2.05, 4.69) is 18.0 Å². The largest absolute Gasteiger partial charge is 0.508 e. The summed E-state index contributed by atoms with van der Waals surface area (Å²) in [5, 5.41) is 9.40. The molecule has 0 bridgehead atoms. The lowest BCUT2D eigenvalue weighted by molar-refractivity contribution is 0.368. The monoisotopic (exact) mass is 219 g/mol. The van der Waals surface area contributed by atoms with Crippen LogP contribution in [0, 0.1) is 0 Å². The number of phenols is 1. The molecule has 0 atom stereocenters. The van der Waals surface area contributed by atoms with Crippen molar-refractivity contribution in [3.8, 4) is 11.5 Å². The zero-order valence-electron chi connectivity index (χ0n) is 9.73. The third-order valence-electron chi connectivity index (χ3n) is 2.94. The summed E-state index contributed by atoms with van der Waals surface area (Å²) < 4.78 is 5.29. The summed E-state index contributed by atoms with van der Waals surface area (Å²) in [6.07, 6.45) is 3.25. The molecular formula is C13H17NO2. The quantitative estimate of drug-likeness (QED) is 0.827. The second-order valence-corrected chi connectivity index (χ2v) is 4.13. The predicted molar refractivity (Wildman–Crippen MR) is 64.7 cm³/mol. The first kappa shape index (κ1) is 11.0. The molecule has 0 aromatic heterocycles. The maximum Gasteiger partial charge on any atom is 0.130 e. The van der Waals surface area contributed by atoms with Gasteiger partial charge in [-0.15, -0.1) is 0 Å². The molecule has 1 aromatic rings. The van der Waals surface area contributed by atoms with Crippen molar-refractivity contribution in [1.82, 2.24) is 4.90 Å². The van der Waals surface area contributed by atoms with Gasteiger partial charge in [-0.1, -0.05) is 6.08 Å². The maximum absolute atomic E-state index is 9.40. The lowest BCUT2D eigenvalue weighted by Gasteiger charge is -2.23. The zero-order valence-corrected chi connectivity index (χ0v) is 9.73. The second-order valence-electron chi connectivity index (χ2n) is 4.13. The van der Waals surface area contributed by atoms with Gasteiger partial charge in [0, 0.05) is 24.7 Å². The Labute approximate surface area is 96.0 Å². The number of hydrogen-bond donors (Lipinski definition) is 1. The summed E-state index contributed by atoms with van der Waals surface area (Å²) >= 11 is 0. The van der Waals surface area contributed by atoms with E-state index in [0.29, 0.717) is 0 Å². The summed E-state index contributed by atoms with van der Waals surface area (Å²) in [7, 11) is 3.75. The molecule has 1 N–H and O–H groups in total. The van der Waals surface area contributed by atoms with Gasteiger partial charge in [0.15, 0.2) is 0 Å². The van der Waals surface area contributed by atoms with Crippen LogP contribution < -0.4 is 4.74 Å². The fourth-order valence-corrected chi connectivity index (χ4v) is 1.96. The van der Waals surface area contributed by atoms with E-state index in [-0.39, 0.29) is 5.75 Å². The molecule has 0 saturated heterocycles. The molecular weight excluding hydrogens is 202 g/mol. The Bertz CT molecular complexity index is 412. The molecule has 0 amide bonds. The van der Waals surface area contributed by atoms with Crippen LogP contribution in [0.1, 0.15) is 12.0 Å². The van der Waals surface area contributed by atoms with Gasteiger partial charge in [-0.05, 0) is 31.2 Å². The number of benzene rings is 1. The third kappa shape index (κ3) is 2.19. The van der Waals surface area contributed by atoms with E-state index >= 15 is 0 Å². The van der Waals surface area contributed by atoms with Crippen LogP contribution in [0.4, 0.5) is 0 Å². The van der Waals surface area contributed by atoms with Crippen LogP contribution in [0.15, 0.2) is 24.3 Å². The zero-order chi connectivity index (χ0) is 11.5. The van der Waals surface area contributed by atoms with Crippen LogP contribution in [0.5, 0.6) is 11.5 Å². The summed E-state index contributed by atoms with van der Waals surface area (Å²) in [6, 6.07) is 5.29. The Morgan fingerprint density at radius 3 is 2.81 bits per heavy atom. The third-order valence-corrected chi connectivity index (χ3v) is 2.94. The Morgan fingerprint density at radius 2 is 2.19 bits per heavy atom. The molecule has 0 saturated carbocycles. The minimum Gasteiger partial charge on any atom is -0.508 e. The smallest absolute Gasteiger partial charge is 0.130 e. The molecule has 0 unspecified atom stereocenters. The van der Waals surface area contributed by atoms with Gasteiger partial charge in [0.2, 0.25) is 0 Å². The van der Waals surface area contributed by atoms with E-state index in [1.165, 1.54) is 5.57 Å². The van der Waals surface area contributed by atoms with Gasteiger partial charge in [0.1, 0.15) is 11.5 Å². The Kier molecular flexibility index (Phi) is 3.15. The number of nitrogens with zero attached hydrogens (tertiary/aromatic N) is 1. The number of ether oxygens (including phenoxy) is 1. The fourth-order valence-electron chi connectivity index (χ4n) is 1.96. The first-order valence-electron chi connectivity index (χ1n) is 5.45. The van der Waals surface area contributed by atoms with E-state index < -0.39 is 0 Å². The fraction of sp³-hybridized carbons (Fsp3) is 0.385. The lowest BCUT2D eigenvalue weighted by atomic mass is 9.98. The van der Waals surface area contributed by atoms with Crippen molar-refractivity contribution >= 4 is 5.57 Å². The van der Waals surface area contributed by atoms with Gasteiger partial charge >= 0.3 is 0 Å². The minimum absolute atomic E-state index is 0.245. The molecule has 3 nitrogen and oxygen atoms in total. The molecule has 1 aliphatic heterocycles. The molecule has 0 aliphatic carbocycles. The van der Waals surface area contributed by atoms with Crippen LogP contribution in [0.3, 0.4) is 0 Å². The average molecular weight is 219 g/mol. The van der Waals surface area contributed by atoms with Gasteiger partial charge in [0.25, 0.3) is 0 Å². The number of likely N-dealkylation sites (N-methyl/N-ethyl adjacent to an activating group) is 1. The molecule has 2 rings (SSSR count). The van der Waals surface area contributed by atoms with Crippen molar-refractivity contribution in [2.75, 3.05) is 27.2 Å². The van der Waals surface area contributed by atoms with Crippen LogP contribution in [0.25, 0.3) is 5.57 Å². The van der Waals surface area contributed by atoms with Crippen molar-refractivity contribution in [3.63, 3.8) is 0 Å². The number of methoxy groups -OCH3 is 1. The number of hydrogen-bond acceptors (Lipinski definition) is 3. The normalized spacial score (nSPS) is 17.0. The number of rotatable bonds is 2. The summed E-state index contributed by atoms with van der Waals surface area (Å²) in [6.45, 7) is 2.04. The van der Waals surface area contributed by atoms with Crippen molar-refractivity contribution in [3.05, 3.63) is 29.8 Å². The van der Waals surface area contributed by atoms with Crippen molar-refractivity contribution in [2.24, 2.45) is 0 Å². The second kappa shape index (κ2) is 4.58. The van der Waals surface area contributed by atoms with Crippen molar-refractivity contribution < 1.29 is 9.84 Å². The molecule has 1 aliphatic rings. The first-order chi connectivity index (χ1) is 7.70. The highest BCUT2D eigenvalue weighted by Gasteiger charge is 2.13. The van der Waals surface area contributed by atoms with Crippen molar-refractivity contribution in [2.45, 2.75) is 6.42 Å². The Balaban J connectivity index is 2.33. The standard InChI is InChI=1S/C13H17NO2/c1-14-7-5-10(6-8-14)12-4-3-11(15)9-13(12)16-2/h3-5,9,15H,6-8H2,1-2H3. The molecule has 0 fully saturated rings. The van der Waals surface area contributed by atoms with Gasteiger partial charge in [0.05, 0.1) is 7.11 Å². The molecule has 1 aromatic carbocycles. The minimum atomic E-state index is 0.245. The number of phenolic OH excluding ortho intramolecular Hbond substituents is 1. The van der Waals surface area contributed by atoms with E-state index in [0.717, 1.165) is 30.8 Å². The summed E-state index contributed by atoms with van der Waals surface area (Å²) in [5.41, 5.74) is 2.39. The maximum atomic E-state index is 9.40. The van der Waals surface area contributed by atoms with Gasteiger partial charge < -0.3 is 14.7 Å². The summed E-state index contributed by atoms with van der Waals surface area (Å²) in [4.78, 5) is 2.27. The van der Waals surface area contributed by atoms with E-state index in [1.54, 1.807) is 19.2 Å². The van der Waals surface area contributed by atoms with Gasteiger partial charge in [-0.25, -0.2) is 0 Å². The molecule has 86 valence electrons. The van der Waals surface area contributed by atoms with Gasteiger partial charge in [-0.3, -0.25) is 0 Å². The molecule has 3 heteroatoms.